The van der Waals surface area contributed by atoms with E-state index in [1.165, 1.54) is 0 Å². The Balaban J connectivity index is 1.99. The van der Waals surface area contributed by atoms with Gasteiger partial charge in [0, 0.05) is 12.2 Å². The molecular weight excluding hydrogens is 284 g/mol. The summed E-state index contributed by atoms with van der Waals surface area (Å²) in [6.07, 6.45) is 1.45. The molecule has 2 aromatic carbocycles. The molecule has 4 nitrogen and oxygen atoms in total. The van der Waals surface area contributed by atoms with Crippen LogP contribution in [0.5, 0.6) is 0 Å². The van der Waals surface area contributed by atoms with Crippen LogP contribution in [0.1, 0.15) is 18.1 Å². The van der Waals surface area contributed by atoms with E-state index in [0.29, 0.717) is 23.5 Å². The fraction of sp³-hybridized carbons (Fsp3) is 0.250. The van der Waals surface area contributed by atoms with Crippen molar-refractivity contribution in [3.05, 3.63) is 59.7 Å². The summed E-state index contributed by atoms with van der Waals surface area (Å²) in [4.78, 5) is 0.319. The predicted octanol–water partition coefficient (Wildman–Crippen LogP) is 2.35. The molecule has 112 valence electrons. The average Bonchev–Trinajstić information content (AvgIpc) is 2.49. The number of sulfonamides is 1. The standard InChI is InChI=1S/C16H20N2O2S/c1-2-13-4-3-5-16(12-13)21(19,20)18-11-10-14-6-8-15(17)9-7-14/h3-9,12,18H,2,10-11,17H2,1H3. The van der Waals surface area contributed by atoms with E-state index in [1.807, 2.05) is 37.3 Å². The molecule has 0 spiro atoms. The minimum atomic E-state index is -3.45. The van der Waals surface area contributed by atoms with Crippen LogP contribution in [-0.4, -0.2) is 15.0 Å². The summed E-state index contributed by atoms with van der Waals surface area (Å²) in [5, 5.41) is 0. The molecule has 0 fully saturated rings. The lowest BCUT2D eigenvalue weighted by molar-refractivity contribution is 0.581. The molecule has 0 heterocycles. The van der Waals surface area contributed by atoms with Gasteiger partial charge in [-0.1, -0.05) is 31.2 Å². The molecule has 5 heteroatoms. The average molecular weight is 304 g/mol. The number of benzene rings is 2. The first kappa shape index (κ1) is 15.5. The number of nitrogens with two attached hydrogens (primary N) is 1. The van der Waals surface area contributed by atoms with Gasteiger partial charge in [-0.05, 0) is 48.2 Å². The highest BCUT2D eigenvalue weighted by Gasteiger charge is 2.13. The molecule has 0 aliphatic rings. The Labute approximate surface area is 126 Å². The van der Waals surface area contributed by atoms with Crippen molar-refractivity contribution in [2.45, 2.75) is 24.7 Å². The maximum absolute atomic E-state index is 12.2. The van der Waals surface area contributed by atoms with E-state index in [9.17, 15) is 8.42 Å². The van der Waals surface area contributed by atoms with E-state index in [0.717, 1.165) is 17.5 Å². The second-order valence-electron chi connectivity index (χ2n) is 4.89. The highest BCUT2D eigenvalue weighted by atomic mass is 32.2. The summed E-state index contributed by atoms with van der Waals surface area (Å²) in [5.41, 5.74) is 8.38. The van der Waals surface area contributed by atoms with Crippen LogP contribution in [0, 0.1) is 0 Å². The highest BCUT2D eigenvalue weighted by Crippen LogP contribution is 2.12. The molecule has 0 amide bonds. The number of aryl methyl sites for hydroxylation is 1. The summed E-state index contributed by atoms with van der Waals surface area (Å²) in [6.45, 7) is 2.36. The van der Waals surface area contributed by atoms with Crippen LogP contribution in [0.25, 0.3) is 0 Å². The molecular formula is C16H20N2O2S. The van der Waals surface area contributed by atoms with Gasteiger partial charge < -0.3 is 5.73 Å². The molecule has 21 heavy (non-hydrogen) atoms. The quantitative estimate of drug-likeness (QED) is 0.805. The van der Waals surface area contributed by atoms with Crippen LogP contribution in [0.3, 0.4) is 0 Å². The Hall–Kier alpha value is -1.85. The zero-order valence-electron chi connectivity index (χ0n) is 12.0. The van der Waals surface area contributed by atoms with Gasteiger partial charge in [0.2, 0.25) is 10.0 Å². The molecule has 0 saturated carbocycles. The predicted molar refractivity (Wildman–Crippen MR) is 85.6 cm³/mol. The number of rotatable bonds is 6. The van der Waals surface area contributed by atoms with Crippen LogP contribution >= 0.6 is 0 Å². The normalized spacial score (nSPS) is 11.5. The largest absolute Gasteiger partial charge is 0.399 e. The SMILES string of the molecule is CCc1cccc(S(=O)(=O)NCCc2ccc(N)cc2)c1. The van der Waals surface area contributed by atoms with E-state index in [4.69, 9.17) is 5.73 Å². The van der Waals surface area contributed by atoms with Crippen LogP contribution in [-0.2, 0) is 22.9 Å². The summed E-state index contributed by atoms with van der Waals surface area (Å²) in [5.74, 6) is 0. The van der Waals surface area contributed by atoms with E-state index < -0.39 is 10.0 Å². The van der Waals surface area contributed by atoms with Gasteiger partial charge in [-0.25, -0.2) is 13.1 Å². The van der Waals surface area contributed by atoms with Crippen LogP contribution < -0.4 is 10.5 Å². The smallest absolute Gasteiger partial charge is 0.240 e. The van der Waals surface area contributed by atoms with Gasteiger partial charge in [0.05, 0.1) is 4.90 Å². The zero-order chi connectivity index (χ0) is 15.3. The fourth-order valence-electron chi connectivity index (χ4n) is 2.03. The van der Waals surface area contributed by atoms with E-state index in [-0.39, 0.29) is 0 Å². The number of nitrogens with one attached hydrogen (secondary N) is 1. The lowest BCUT2D eigenvalue weighted by Gasteiger charge is -2.08. The highest BCUT2D eigenvalue weighted by molar-refractivity contribution is 7.89. The monoisotopic (exact) mass is 304 g/mol. The molecule has 3 N–H and O–H groups in total. The Morgan fingerprint density at radius 1 is 1.05 bits per heavy atom. The number of anilines is 1. The van der Waals surface area contributed by atoms with Gasteiger partial charge in [0.1, 0.15) is 0 Å². The fourth-order valence-corrected chi connectivity index (χ4v) is 3.13. The topological polar surface area (TPSA) is 72.2 Å². The zero-order valence-corrected chi connectivity index (χ0v) is 12.9. The second kappa shape index (κ2) is 6.74. The Bertz CT molecular complexity index is 694. The third-order valence-corrected chi connectivity index (χ3v) is 4.76. The molecule has 2 aromatic rings. The third kappa shape index (κ3) is 4.31. The molecule has 0 unspecified atom stereocenters. The van der Waals surface area contributed by atoms with E-state index in [1.54, 1.807) is 18.2 Å². The Morgan fingerprint density at radius 2 is 1.76 bits per heavy atom. The van der Waals surface area contributed by atoms with Gasteiger partial charge >= 0.3 is 0 Å². The molecule has 0 atom stereocenters. The van der Waals surface area contributed by atoms with Crippen molar-refractivity contribution in [1.29, 1.82) is 0 Å². The van der Waals surface area contributed by atoms with Crippen molar-refractivity contribution >= 4 is 15.7 Å². The molecule has 0 radical (unpaired) electrons. The summed E-state index contributed by atoms with van der Waals surface area (Å²) >= 11 is 0. The molecule has 0 aliphatic carbocycles. The van der Waals surface area contributed by atoms with Gasteiger partial charge in [-0.15, -0.1) is 0 Å². The Kier molecular flexibility index (Phi) is 4.98. The van der Waals surface area contributed by atoms with Crippen molar-refractivity contribution in [1.82, 2.24) is 4.72 Å². The first-order valence-corrected chi connectivity index (χ1v) is 8.42. The molecule has 0 bridgehead atoms. The maximum atomic E-state index is 12.2. The van der Waals surface area contributed by atoms with Crippen molar-refractivity contribution in [3.8, 4) is 0 Å². The van der Waals surface area contributed by atoms with Gasteiger partial charge in [0.25, 0.3) is 0 Å². The molecule has 0 aliphatic heterocycles. The Morgan fingerprint density at radius 3 is 2.43 bits per heavy atom. The number of hydrogen-bond donors (Lipinski definition) is 2. The summed E-state index contributed by atoms with van der Waals surface area (Å²) < 4.78 is 27.1. The van der Waals surface area contributed by atoms with Crippen LogP contribution in [0.2, 0.25) is 0 Å². The van der Waals surface area contributed by atoms with E-state index >= 15 is 0 Å². The van der Waals surface area contributed by atoms with Crippen molar-refractivity contribution in [2.24, 2.45) is 0 Å². The van der Waals surface area contributed by atoms with Crippen molar-refractivity contribution < 1.29 is 8.42 Å². The van der Waals surface area contributed by atoms with Crippen molar-refractivity contribution in [2.75, 3.05) is 12.3 Å². The lowest BCUT2D eigenvalue weighted by atomic mass is 10.1. The van der Waals surface area contributed by atoms with Crippen LogP contribution in [0.4, 0.5) is 5.69 Å². The first-order chi connectivity index (χ1) is 10.0. The summed E-state index contributed by atoms with van der Waals surface area (Å²) in [6, 6.07) is 14.5. The minimum Gasteiger partial charge on any atom is -0.399 e. The van der Waals surface area contributed by atoms with Gasteiger partial charge in [-0.3, -0.25) is 0 Å². The van der Waals surface area contributed by atoms with E-state index in [2.05, 4.69) is 4.72 Å². The number of hydrogen-bond acceptors (Lipinski definition) is 3. The number of nitrogen functional groups attached to an aromatic ring is 1. The summed E-state index contributed by atoms with van der Waals surface area (Å²) in [7, 11) is -3.45. The minimum absolute atomic E-state index is 0.319. The maximum Gasteiger partial charge on any atom is 0.240 e. The van der Waals surface area contributed by atoms with Gasteiger partial charge in [0.15, 0.2) is 0 Å². The molecule has 0 aromatic heterocycles. The molecule has 2 rings (SSSR count). The van der Waals surface area contributed by atoms with Gasteiger partial charge in [-0.2, -0.15) is 0 Å². The molecule has 0 saturated heterocycles. The van der Waals surface area contributed by atoms with Crippen molar-refractivity contribution in [3.63, 3.8) is 0 Å². The second-order valence-corrected chi connectivity index (χ2v) is 6.66. The third-order valence-electron chi connectivity index (χ3n) is 3.30. The van der Waals surface area contributed by atoms with Crippen LogP contribution in [0.15, 0.2) is 53.4 Å². The lowest BCUT2D eigenvalue weighted by Crippen LogP contribution is -2.26. The first-order valence-electron chi connectivity index (χ1n) is 6.94.